The molecule has 0 unspecified atom stereocenters. The van der Waals surface area contributed by atoms with E-state index in [-0.39, 0.29) is 5.76 Å². The summed E-state index contributed by atoms with van der Waals surface area (Å²) in [6, 6.07) is 17.2. The molecule has 0 spiro atoms. The number of anilines is 1. The third-order valence-electron chi connectivity index (χ3n) is 3.12. The fraction of sp³-hybridized carbons (Fsp3) is 0.0625. The van der Waals surface area contributed by atoms with Crippen LogP contribution in [-0.4, -0.2) is 11.1 Å². The van der Waals surface area contributed by atoms with Crippen LogP contribution in [0, 0.1) is 0 Å². The molecule has 0 atom stereocenters. The lowest BCUT2D eigenvalue weighted by Crippen LogP contribution is -1.99. The molecule has 0 aliphatic carbocycles. The van der Waals surface area contributed by atoms with Crippen LogP contribution in [0.25, 0.3) is 10.8 Å². The second kappa shape index (κ2) is 5.09. The van der Waals surface area contributed by atoms with Crippen molar-refractivity contribution >= 4 is 22.4 Å². The molecule has 20 heavy (non-hydrogen) atoms. The van der Waals surface area contributed by atoms with E-state index >= 15 is 0 Å². The topological polar surface area (TPSA) is 62.5 Å². The monoisotopic (exact) mass is 267 g/mol. The van der Waals surface area contributed by atoms with E-state index in [1.807, 2.05) is 30.3 Å². The Labute approximate surface area is 115 Å². The van der Waals surface area contributed by atoms with Gasteiger partial charge in [-0.1, -0.05) is 36.4 Å². The van der Waals surface area contributed by atoms with Crippen molar-refractivity contribution in [3.05, 3.63) is 66.1 Å². The van der Waals surface area contributed by atoms with Gasteiger partial charge in [-0.2, -0.15) is 0 Å². The number of carboxylic acids is 1. The third kappa shape index (κ3) is 2.36. The molecule has 3 rings (SSSR count). The van der Waals surface area contributed by atoms with Crippen molar-refractivity contribution in [2.45, 2.75) is 6.54 Å². The van der Waals surface area contributed by atoms with E-state index in [9.17, 15) is 4.79 Å². The molecular weight excluding hydrogens is 254 g/mol. The van der Waals surface area contributed by atoms with Gasteiger partial charge in [-0.15, -0.1) is 0 Å². The Hall–Kier alpha value is -2.75. The quantitative estimate of drug-likeness (QED) is 0.755. The SMILES string of the molecule is O=C(O)c1ccc(CNc2cccc3ccccc23)o1. The van der Waals surface area contributed by atoms with Gasteiger partial charge in [-0.05, 0) is 23.6 Å². The molecule has 1 aromatic heterocycles. The van der Waals surface area contributed by atoms with Gasteiger partial charge in [0.25, 0.3) is 0 Å². The van der Waals surface area contributed by atoms with E-state index < -0.39 is 5.97 Å². The second-order valence-electron chi connectivity index (χ2n) is 4.45. The number of benzene rings is 2. The van der Waals surface area contributed by atoms with Crippen LogP contribution < -0.4 is 5.32 Å². The van der Waals surface area contributed by atoms with Crippen LogP contribution in [-0.2, 0) is 6.54 Å². The summed E-state index contributed by atoms with van der Waals surface area (Å²) in [6.07, 6.45) is 0. The summed E-state index contributed by atoms with van der Waals surface area (Å²) in [7, 11) is 0. The van der Waals surface area contributed by atoms with Crippen molar-refractivity contribution in [2.24, 2.45) is 0 Å². The van der Waals surface area contributed by atoms with Gasteiger partial charge >= 0.3 is 5.97 Å². The lowest BCUT2D eigenvalue weighted by atomic mass is 10.1. The molecule has 0 aliphatic heterocycles. The van der Waals surface area contributed by atoms with Gasteiger partial charge in [-0.3, -0.25) is 0 Å². The highest BCUT2D eigenvalue weighted by atomic mass is 16.4. The fourth-order valence-electron chi connectivity index (χ4n) is 2.15. The molecule has 0 radical (unpaired) electrons. The molecular formula is C16H13NO3. The van der Waals surface area contributed by atoms with Crippen LogP contribution in [0.2, 0.25) is 0 Å². The first kappa shape index (κ1) is 12.3. The predicted molar refractivity (Wildman–Crippen MR) is 76.9 cm³/mol. The van der Waals surface area contributed by atoms with Crippen molar-refractivity contribution < 1.29 is 14.3 Å². The lowest BCUT2D eigenvalue weighted by Gasteiger charge is -2.08. The first-order valence-electron chi connectivity index (χ1n) is 6.28. The van der Waals surface area contributed by atoms with Crippen molar-refractivity contribution in [2.75, 3.05) is 5.32 Å². The molecule has 0 saturated carbocycles. The maximum Gasteiger partial charge on any atom is 0.371 e. The molecule has 2 aromatic carbocycles. The summed E-state index contributed by atoms with van der Waals surface area (Å²) >= 11 is 0. The number of carboxylic acid groups (broad SMARTS) is 1. The number of hydrogen-bond donors (Lipinski definition) is 2. The Morgan fingerprint density at radius 3 is 2.65 bits per heavy atom. The van der Waals surface area contributed by atoms with Crippen LogP contribution in [0.1, 0.15) is 16.3 Å². The van der Waals surface area contributed by atoms with Crippen LogP contribution in [0.15, 0.2) is 59.0 Å². The van der Waals surface area contributed by atoms with Crippen LogP contribution in [0.5, 0.6) is 0 Å². The van der Waals surface area contributed by atoms with Gasteiger partial charge < -0.3 is 14.8 Å². The molecule has 3 aromatic rings. The van der Waals surface area contributed by atoms with Gasteiger partial charge in [0.1, 0.15) is 5.76 Å². The lowest BCUT2D eigenvalue weighted by molar-refractivity contribution is 0.0660. The Bertz CT molecular complexity index is 756. The van der Waals surface area contributed by atoms with Crippen molar-refractivity contribution in [1.29, 1.82) is 0 Å². The summed E-state index contributed by atoms with van der Waals surface area (Å²) in [5.74, 6) is -0.503. The summed E-state index contributed by atoms with van der Waals surface area (Å²) in [4.78, 5) is 10.7. The zero-order chi connectivity index (χ0) is 13.9. The maximum absolute atomic E-state index is 10.7. The van der Waals surface area contributed by atoms with Crippen molar-refractivity contribution in [1.82, 2.24) is 0 Å². The average molecular weight is 267 g/mol. The van der Waals surface area contributed by atoms with Crippen LogP contribution in [0.4, 0.5) is 5.69 Å². The van der Waals surface area contributed by atoms with E-state index in [0.29, 0.717) is 12.3 Å². The molecule has 0 fully saturated rings. The minimum absolute atomic E-state index is 0.0419. The Balaban J connectivity index is 1.81. The highest BCUT2D eigenvalue weighted by molar-refractivity contribution is 5.93. The van der Waals surface area contributed by atoms with Gasteiger partial charge in [0.15, 0.2) is 0 Å². The number of fused-ring (bicyclic) bond motifs is 1. The van der Waals surface area contributed by atoms with Crippen LogP contribution in [0.3, 0.4) is 0 Å². The highest BCUT2D eigenvalue weighted by Gasteiger charge is 2.08. The Morgan fingerprint density at radius 2 is 1.85 bits per heavy atom. The second-order valence-corrected chi connectivity index (χ2v) is 4.45. The van der Waals surface area contributed by atoms with Crippen molar-refractivity contribution in [3.63, 3.8) is 0 Å². The minimum atomic E-state index is -1.05. The van der Waals surface area contributed by atoms with Gasteiger partial charge in [0.2, 0.25) is 5.76 Å². The molecule has 4 nitrogen and oxygen atoms in total. The molecule has 0 bridgehead atoms. The fourth-order valence-corrected chi connectivity index (χ4v) is 2.15. The largest absolute Gasteiger partial charge is 0.475 e. The average Bonchev–Trinajstić information content (AvgIpc) is 2.94. The maximum atomic E-state index is 10.7. The van der Waals surface area contributed by atoms with Gasteiger partial charge in [0, 0.05) is 11.1 Å². The molecule has 0 aliphatic rings. The number of nitrogens with one attached hydrogen (secondary N) is 1. The minimum Gasteiger partial charge on any atom is -0.475 e. The number of aromatic carboxylic acids is 1. The van der Waals surface area contributed by atoms with E-state index in [2.05, 4.69) is 17.4 Å². The first-order valence-corrected chi connectivity index (χ1v) is 6.28. The number of furan rings is 1. The number of hydrogen-bond acceptors (Lipinski definition) is 3. The zero-order valence-corrected chi connectivity index (χ0v) is 10.7. The summed E-state index contributed by atoms with van der Waals surface area (Å²) in [6.45, 7) is 0.446. The smallest absolute Gasteiger partial charge is 0.371 e. The molecule has 0 saturated heterocycles. The molecule has 0 amide bonds. The van der Waals surface area contributed by atoms with E-state index in [0.717, 1.165) is 16.5 Å². The first-order chi connectivity index (χ1) is 9.74. The number of rotatable bonds is 4. The molecule has 4 heteroatoms. The number of carbonyl (C=O) groups is 1. The van der Waals surface area contributed by atoms with E-state index in [4.69, 9.17) is 9.52 Å². The van der Waals surface area contributed by atoms with E-state index in [1.165, 1.54) is 6.07 Å². The van der Waals surface area contributed by atoms with Crippen LogP contribution >= 0.6 is 0 Å². The predicted octanol–water partition coefficient (Wildman–Crippen LogP) is 3.74. The molecule has 2 N–H and O–H groups in total. The summed E-state index contributed by atoms with van der Waals surface area (Å²) < 4.78 is 5.22. The van der Waals surface area contributed by atoms with Gasteiger partial charge in [0.05, 0.1) is 6.54 Å². The summed E-state index contributed by atoms with van der Waals surface area (Å²) in [5, 5.41) is 14.4. The Morgan fingerprint density at radius 1 is 1.05 bits per heavy atom. The molecule has 100 valence electrons. The normalized spacial score (nSPS) is 10.6. The zero-order valence-electron chi connectivity index (χ0n) is 10.7. The van der Waals surface area contributed by atoms with Crippen molar-refractivity contribution in [3.8, 4) is 0 Å². The summed E-state index contributed by atoms with van der Waals surface area (Å²) in [5.41, 5.74) is 0.997. The Kier molecular flexibility index (Phi) is 3.13. The third-order valence-corrected chi connectivity index (χ3v) is 3.12. The standard InChI is InChI=1S/C16H13NO3/c18-16(19)15-9-8-12(20-15)10-17-14-7-3-5-11-4-1-2-6-13(11)14/h1-9,17H,10H2,(H,18,19). The molecule has 1 heterocycles. The van der Waals surface area contributed by atoms with Gasteiger partial charge in [-0.25, -0.2) is 4.79 Å². The highest BCUT2D eigenvalue weighted by Crippen LogP contribution is 2.23. The van der Waals surface area contributed by atoms with E-state index in [1.54, 1.807) is 6.07 Å².